The predicted molar refractivity (Wildman–Crippen MR) is 60.1 cm³/mol. The summed E-state index contributed by atoms with van der Waals surface area (Å²) in [5.74, 6) is 0.123. The van der Waals surface area contributed by atoms with Crippen molar-refractivity contribution in [1.82, 2.24) is 0 Å². The van der Waals surface area contributed by atoms with Gasteiger partial charge < -0.3 is 10.2 Å². The van der Waals surface area contributed by atoms with Crippen molar-refractivity contribution in [3.05, 3.63) is 12.2 Å². The molecule has 0 aromatic heterocycles. The van der Waals surface area contributed by atoms with Gasteiger partial charge in [0.25, 0.3) is 0 Å². The topological polar surface area (TPSA) is 40.5 Å². The van der Waals surface area contributed by atoms with Crippen LogP contribution in [0.25, 0.3) is 0 Å². The predicted octanol–water partition coefficient (Wildman–Crippen LogP) is 2.36. The molecule has 14 heavy (non-hydrogen) atoms. The number of rotatable bonds is 3. The van der Waals surface area contributed by atoms with Crippen molar-refractivity contribution in [1.29, 1.82) is 0 Å². The fourth-order valence-electron chi connectivity index (χ4n) is 1.59. The van der Waals surface area contributed by atoms with Gasteiger partial charge in [-0.2, -0.15) is 0 Å². The van der Waals surface area contributed by atoms with E-state index in [0.717, 1.165) is 0 Å². The Kier molecular flexibility index (Phi) is 4.34. The molecule has 2 atom stereocenters. The van der Waals surface area contributed by atoms with Gasteiger partial charge in [0, 0.05) is 0 Å². The van der Waals surface area contributed by atoms with E-state index in [1.54, 1.807) is 19.1 Å². The molecule has 0 spiro atoms. The summed E-state index contributed by atoms with van der Waals surface area (Å²) in [6.07, 6.45) is 2.86. The fraction of sp³-hybridized carbons (Fsp3) is 0.833. The minimum Gasteiger partial charge on any atom is -0.389 e. The third kappa shape index (κ3) is 3.10. The molecule has 0 saturated heterocycles. The van der Waals surface area contributed by atoms with Crippen LogP contribution >= 0.6 is 0 Å². The molecule has 0 fully saturated rings. The molecule has 0 rings (SSSR count). The van der Waals surface area contributed by atoms with E-state index in [4.69, 9.17) is 5.11 Å². The van der Waals surface area contributed by atoms with E-state index >= 15 is 0 Å². The van der Waals surface area contributed by atoms with Crippen LogP contribution in [0.1, 0.15) is 41.5 Å². The Labute approximate surface area is 87.7 Å². The minimum absolute atomic E-state index is 0.123. The first-order valence-electron chi connectivity index (χ1n) is 5.21. The second kappa shape index (κ2) is 4.45. The molecule has 0 aromatic carbocycles. The third-order valence-corrected chi connectivity index (χ3v) is 2.71. The summed E-state index contributed by atoms with van der Waals surface area (Å²) in [7, 11) is 0. The van der Waals surface area contributed by atoms with E-state index in [2.05, 4.69) is 0 Å². The number of hydrogen-bond acceptors (Lipinski definition) is 2. The van der Waals surface area contributed by atoms with Crippen LogP contribution in [-0.2, 0) is 0 Å². The molecule has 2 nitrogen and oxygen atoms in total. The maximum atomic E-state index is 10.5. The Morgan fingerprint density at radius 3 is 1.71 bits per heavy atom. The van der Waals surface area contributed by atoms with Crippen molar-refractivity contribution in [3.63, 3.8) is 0 Å². The first kappa shape index (κ1) is 13.7. The average molecular weight is 200 g/mol. The number of aliphatic hydroxyl groups is 2. The summed E-state index contributed by atoms with van der Waals surface area (Å²) in [6.45, 7) is 11.6. The van der Waals surface area contributed by atoms with E-state index in [0.29, 0.717) is 0 Å². The summed E-state index contributed by atoms with van der Waals surface area (Å²) in [4.78, 5) is 0. The van der Waals surface area contributed by atoms with Gasteiger partial charge >= 0.3 is 0 Å². The van der Waals surface area contributed by atoms with Crippen LogP contribution in [0.2, 0.25) is 0 Å². The van der Waals surface area contributed by atoms with Crippen LogP contribution in [0.5, 0.6) is 0 Å². The molecule has 0 heterocycles. The lowest BCUT2D eigenvalue weighted by molar-refractivity contribution is -0.0522. The van der Waals surface area contributed by atoms with Gasteiger partial charge in [0.05, 0.1) is 11.7 Å². The monoisotopic (exact) mass is 200 g/mol. The van der Waals surface area contributed by atoms with Gasteiger partial charge in [0.2, 0.25) is 0 Å². The Morgan fingerprint density at radius 1 is 1.07 bits per heavy atom. The maximum Gasteiger partial charge on any atom is 0.0899 e. The van der Waals surface area contributed by atoms with Gasteiger partial charge in [-0.05, 0) is 18.3 Å². The lowest BCUT2D eigenvalue weighted by atomic mass is 9.70. The molecule has 2 N–H and O–H groups in total. The van der Waals surface area contributed by atoms with E-state index in [9.17, 15) is 5.11 Å². The van der Waals surface area contributed by atoms with Gasteiger partial charge in [-0.25, -0.2) is 0 Å². The zero-order valence-corrected chi connectivity index (χ0v) is 10.2. The van der Waals surface area contributed by atoms with Gasteiger partial charge in [-0.1, -0.05) is 46.8 Å². The second-order valence-corrected chi connectivity index (χ2v) is 5.33. The van der Waals surface area contributed by atoms with Gasteiger partial charge in [-0.3, -0.25) is 0 Å². The molecule has 0 saturated carbocycles. The largest absolute Gasteiger partial charge is 0.389 e. The van der Waals surface area contributed by atoms with Gasteiger partial charge in [0.1, 0.15) is 0 Å². The van der Waals surface area contributed by atoms with Crippen LogP contribution in [-0.4, -0.2) is 21.9 Å². The SMILES string of the molecule is CC(O)/C=C/C(O)(C(C)C)C(C)(C)C. The molecule has 2 heteroatoms. The normalized spacial score (nSPS) is 20.1. The van der Waals surface area contributed by atoms with E-state index in [1.165, 1.54) is 0 Å². The molecule has 2 unspecified atom stereocenters. The highest BCUT2D eigenvalue weighted by molar-refractivity contribution is 5.10. The zero-order valence-electron chi connectivity index (χ0n) is 10.2. The highest BCUT2D eigenvalue weighted by Crippen LogP contribution is 2.37. The minimum atomic E-state index is -0.871. The first-order valence-corrected chi connectivity index (χ1v) is 5.21. The van der Waals surface area contributed by atoms with Crippen LogP contribution in [0, 0.1) is 11.3 Å². The summed E-state index contributed by atoms with van der Waals surface area (Å²) < 4.78 is 0. The molecular formula is C12H24O2. The van der Waals surface area contributed by atoms with Crippen LogP contribution in [0.4, 0.5) is 0 Å². The standard InChI is InChI=1S/C12H24O2/c1-9(2)12(14,11(4,5)6)8-7-10(3)13/h7-10,13-14H,1-6H3/b8-7+. The Morgan fingerprint density at radius 2 is 1.50 bits per heavy atom. The van der Waals surface area contributed by atoms with Crippen molar-refractivity contribution in [2.75, 3.05) is 0 Å². The molecule has 0 radical (unpaired) electrons. The van der Waals surface area contributed by atoms with Gasteiger partial charge in [-0.15, -0.1) is 0 Å². The Hall–Kier alpha value is -0.340. The summed E-state index contributed by atoms with van der Waals surface area (Å²) in [6, 6.07) is 0. The highest BCUT2D eigenvalue weighted by Gasteiger charge is 2.40. The van der Waals surface area contributed by atoms with Crippen LogP contribution in [0.15, 0.2) is 12.2 Å². The smallest absolute Gasteiger partial charge is 0.0899 e. The van der Waals surface area contributed by atoms with E-state index in [1.807, 2.05) is 34.6 Å². The van der Waals surface area contributed by atoms with Crippen molar-refractivity contribution in [2.45, 2.75) is 53.2 Å². The molecule has 0 aromatic rings. The van der Waals surface area contributed by atoms with Gasteiger partial charge in [0.15, 0.2) is 0 Å². The molecular weight excluding hydrogens is 176 g/mol. The van der Waals surface area contributed by atoms with Crippen molar-refractivity contribution in [3.8, 4) is 0 Å². The zero-order chi connectivity index (χ0) is 11.6. The summed E-state index contributed by atoms with van der Waals surface area (Å²) in [5.41, 5.74) is -1.10. The Balaban J connectivity index is 4.93. The highest BCUT2D eigenvalue weighted by atomic mass is 16.3. The lowest BCUT2D eigenvalue weighted by Crippen LogP contribution is -2.45. The molecule has 0 bridgehead atoms. The van der Waals surface area contributed by atoms with E-state index in [-0.39, 0.29) is 11.3 Å². The average Bonchev–Trinajstić information content (AvgIpc) is 1.97. The molecule has 0 aliphatic heterocycles. The fourth-order valence-corrected chi connectivity index (χ4v) is 1.59. The molecule has 0 aliphatic rings. The maximum absolute atomic E-state index is 10.5. The van der Waals surface area contributed by atoms with Crippen molar-refractivity contribution in [2.24, 2.45) is 11.3 Å². The third-order valence-electron chi connectivity index (χ3n) is 2.71. The second-order valence-electron chi connectivity index (χ2n) is 5.33. The van der Waals surface area contributed by atoms with Crippen molar-refractivity contribution < 1.29 is 10.2 Å². The molecule has 0 amide bonds. The number of aliphatic hydroxyl groups excluding tert-OH is 1. The summed E-state index contributed by atoms with van der Waals surface area (Å²) >= 11 is 0. The number of hydrogen-bond donors (Lipinski definition) is 2. The summed E-state index contributed by atoms with van der Waals surface area (Å²) in [5, 5.41) is 19.6. The van der Waals surface area contributed by atoms with Crippen LogP contribution in [0.3, 0.4) is 0 Å². The first-order chi connectivity index (χ1) is 6.11. The van der Waals surface area contributed by atoms with Crippen molar-refractivity contribution >= 4 is 0 Å². The quantitative estimate of drug-likeness (QED) is 0.687. The molecule has 84 valence electrons. The van der Waals surface area contributed by atoms with E-state index < -0.39 is 11.7 Å². The molecule has 0 aliphatic carbocycles. The lowest BCUT2D eigenvalue weighted by Gasteiger charge is -2.41. The Bertz CT molecular complexity index is 199. The van der Waals surface area contributed by atoms with Crippen LogP contribution < -0.4 is 0 Å².